The number of fused-ring (bicyclic) bond motifs is 2. The van der Waals surface area contributed by atoms with Crippen molar-refractivity contribution in [2.24, 2.45) is 5.73 Å². The Hall–Kier alpha value is -2.07. The molecule has 4 nitrogen and oxygen atoms in total. The Kier molecular flexibility index (Phi) is 3.79. The first-order valence-electron chi connectivity index (χ1n) is 7.69. The van der Waals surface area contributed by atoms with Gasteiger partial charge < -0.3 is 14.6 Å². The Labute approximate surface area is 128 Å². The number of nitrogens with two attached hydrogens (primary N) is 1. The second-order valence-corrected chi connectivity index (χ2v) is 5.89. The number of rotatable bonds is 4. The van der Waals surface area contributed by atoms with Crippen LogP contribution in [0.5, 0.6) is 0 Å². The summed E-state index contributed by atoms with van der Waals surface area (Å²) in [5.74, 6) is 0.936. The van der Waals surface area contributed by atoms with Gasteiger partial charge in [-0.2, -0.15) is 0 Å². The van der Waals surface area contributed by atoms with Crippen LogP contribution in [0.2, 0.25) is 0 Å². The molecule has 0 unspecified atom stereocenters. The maximum atomic E-state index is 11.6. The quantitative estimate of drug-likeness (QED) is 0.588. The number of unbranched alkanes of at least 4 members (excludes halogenated alkanes) is 1. The average molecular weight is 299 g/mol. The topological polar surface area (TPSA) is 69.4 Å². The predicted octanol–water partition coefficient (Wildman–Crippen LogP) is 3.75. The van der Waals surface area contributed by atoms with Crippen molar-refractivity contribution in [3.05, 3.63) is 45.0 Å². The molecule has 0 aliphatic carbocycles. The minimum Gasteiger partial charge on any atom is -0.461 e. The molecule has 2 aromatic heterocycles. The van der Waals surface area contributed by atoms with E-state index in [1.807, 2.05) is 20.8 Å². The van der Waals surface area contributed by atoms with E-state index in [9.17, 15) is 4.79 Å². The average Bonchev–Trinajstić information content (AvgIpc) is 2.78. The highest BCUT2D eigenvalue weighted by Crippen LogP contribution is 2.34. The molecule has 0 atom stereocenters. The fourth-order valence-corrected chi connectivity index (χ4v) is 3.11. The summed E-state index contributed by atoms with van der Waals surface area (Å²) in [4.78, 5) is 11.6. The molecule has 116 valence electrons. The Balaban J connectivity index is 2.28. The van der Waals surface area contributed by atoms with E-state index in [4.69, 9.17) is 14.6 Å². The van der Waals surface area contributed by atoms with E-state index in [2.05, 4.69) is 6.07 Å². The van der Waals surface area contributed by atoms with Gasteiger partial charge in [0.1, 0.15) is 16.9 Å². The lowest BCUT2D eigenvalue weighted by molar-refractivity contribution is 0.549. The van der Waals surface area contributed by atoms with Crippen LogP contribution in [0, 0.1) is 20.8 Å². The summed E-state index contributed by atoms with van der Waals surface area (Å²) in [6.45, 7) is 6.58. The first kappa shape index (κ1) is 14.9. The Morgan fingerprint density at radius 3 is 2.45 bits per heavy atom. The number of hydrogen-bond donors (Lipinski definition) is 1. The molecular formula is C18H21NO3. The first-order chi connectivity index (χ1) is 10.5. The maximum Gasteiger partial charge on any atom is 0.336 e. The summed E-state index contributed by atoms with van der Waals surface area (Å²) >= 11 is 0. The van der Waals surface area contributed by atoms with Crippen LogP contribution < -0.4 is 11.4 Å². The van der Waals surface area contributed by atoms with Crippen LogP contribution in [0.15, 0.2) is 25.8 Å². The molecular weight excluding hydrogens is 278 g/mol. The Bertz CT molecular complexity index is 902. The number of aryl methyl sites for hydroxylation is 4. The summed E-state index contributed by atoms with van der Waals surface area (Å²) in [5.41, 5.74) is 9.77. The van der Waals surface area contributed by atoms with Crippen molar-refractivity contribution in [2.45, 2.75) is 40.0 Å². The van der Waals surface area contributed by atoms with Crippen LogP contribution in [0.4, 0.5) is 0 Å². The van der Waals surface area contributed by atoms with Crippen molar-refractivity contribution >= 4 is 21.9 Å². The van der Waals surface area contributed by atoms with Gasteiger partial charge in [-0.25, -0.2) is 4.79 Å². The molecule has 0 aliphatic rings. The van der Waals surface area contributed by atoms with E-state index in [1.165, 1.54) is 11.6 Å². The van der Waals surface area contributed by atoms with Crippen LogP contribution >= 0.6 is 0 Å². The van der Waals surface area contributed by atoms with E-state index in [0.717, 1.165) is 52.5 Å². The smallest absolute Gasteiger partial charge is 0.336 e. The Morgan fingerprint density at radius 2 is 1.73 bits per heavy atom. The lowest BCUT2D eigenvalue weighted by Gasteiger charge is -2.05. The Morgan fingerprint density at radius 1 is 1.00 bits per heavy atom. The zero-order valence-electron chi connectivity index (χ0n) is 13.3. The van der Waals surface area contributed by atoms with Crippen LogP contribution in [0.1, 0.15) is 35.3 Å². The minimum absolute atomic E-state index is 0.320. The lowest BCUT2D eigenvalue weighted by Crippen LogP contribution is -2.00. The largest absolute Gasteiger partial charge is 0.461 e. The van der Waals surface area contributed by atoms with E-state index < -0.39 is 0 Å². The van der Waals surface area contributed by atoms with Crippen LogP contribution in [-0.2, 0) is 6.42 Å². The van der Waals surface area contributed by atoms with Crippen molar-refractivity contribution in [1.82, 2.24) is 0 Å². The zero-order chi connectivity index (χ0) is 15.9. The summed E-state index contributed by atoms with van der Waals surface area (Å²) in [6.07, 6.45) is 3.01. The number of hydrogen-bond acceptors (Lipinski definition) is 4. The maximum absolute atomic E-state index is 11.6. The molecule has 0 fully saturated rings. The molecule has 0 aliphatic heterocycles. The number of benzene rings is 1. The van der Waals surface area contributed by atoms with E-state index in [-0.39, 0.29) is 5.63 Å². The van der Waals surface area contributed by atoms with Gasteiger partial charge in [0.05, 0.1) is 0 Å². The third kappa shape index (κ3) is 2.33. The molecule has 4 heteroatoms. The summed E-state index contributed by atoms with van der Waals surface area (Å²) in [5, 5.41) is 2.10. The van der Waals surface area contributed by atoms with E-state index >= 15 is 0 Å². The van der Waals surface area contributed by atoms with Crippen LogP contribution in [0.3, 0.4) is 0 Å². The molecule has 1 aromatic carbocycles. The van der Waals surface area contributed by atoms with Crippen molar-refractivity contribution in [3.8, 4) is 0 Å². The van der Waals surface area contributed by atoms with Gasteiger partial charge in [0.15, 0.2) is 0 Å². The molecule has 0 saturated carbocycles. The summed E-state index contributed by atoms with van der Waals surface area (Å²) < 4.78 is 11.4. The van der Waals surface area contributed by atoms with Crippen molar-refractivity contribution < 1.29 is 8.83 Å². The molecule has 2 heterocycles. The standard InChI is InChI=1S/C18H21NO3/c1-10-8-16(20)22-17-11(2)18-15(9-14(10)17)13(12(3)21-18)6-4-5-7-19/h8-9H,4-7,19H2,1-3H3. The first-order valence-corrected chi connectivity index (χ1v) is 7.69. The third-order valence-electron chi connectivity index (χ3n) is 4.31. The van der Waals surface area contributed by atoms with Gasteiger partial charge in [-0.1, -0.05) is 0 Å². The molecule has 2 N–H and O–H groups in total. The fraction of sp³-hybridized carbons (Fsp3) is 0.389. The van der Waals surface area contributed by atoms with Crippen LogP contribution in [0.25, 0.3) is 21.9 Å². The molecule has 0 spiro atoms. The number of furan rings is 1. The van der Waals surface area contributed by atoms with E-state index in [0.29, 0.717) is 12.1 Å². The van der Waals surface area contributed by atoms with Gasteiger partial charge in [-0.15, -0.1) is 0 Å². The zero-order valence-corrected chi connectivity index (χ0v) is 13.3. The SMILES string of the molecule is Cc1oc2c(C)c3oc(=O)cc(C)c3cc2c1CCCCN. The highest BCUT2D eigenvalue weighted by Gasteiger charge is 2.17. The van der Waals surface area contributed by atoms with Gasteiger partial charge in [0, 0.05) is 28.0 Å². The second-order valence-electron chi connectivity index (χ2n) is 5.89. The highest BCUT2D eigenvalue weighted by atomic mass is 16.4. The summed E-state index contributed by atoms with van der Waals surface area (Å²) in [7, 11) is 0. The van der Waals surface area contributed by atoms with Crippen molar-refractivity contribution in [3.63, 3.8) is 0 Å². The molecule has 22 heavy (non-hydrogen) atoms. The summed E-state index contributed by atoms with van der Waals surface area (Å²) in [6, 6.07) is 3.62. The molecule has 0 amide bonds. The van der Waals surface area contributed by atoms with Crippen molar-refractivity contribution in [2.75, 3.05) is 6.54 Å². The monoisotopic (exact) mass is 299 g/mol. The van der Waals surface area contributed by atoms with Crippen LogP contribution in [-0.4, -0.2) is 6.54 Å². The molecule has 0 bridgehead atoms. The van der Waals surface area contributed by atoms with Gasteiger partial charge in [-0.05, 0) is 58.2 Å². The molecule has 3 rings (SSSR count). The van der Waals surface area contributed by atoms with Gasteiger partial charge in [0.2, 0.25) is 0 Å². The van der Waals surface area contributed by atoms with Crippen molar-refractivity contribution in [1.29, 1.82) is 0 Å². The lowest BCUT2D eigenvalue weighted by atomic mass is 9.99. The van der Waals surface area contributed by atoms with Gasteiger partial charge in [-0.3, -0.25) is 0 Å². The molecule has 3 aromatic rings. The predicted molar refractivity (Wildman–Crippen MR) is 88.5 cm³/mol. The normalized spacial score (nSPS) is 11.6. The fourth-order valence-electron chi connectivity index (χ4n) is 3.11. The molecule has 0 radical (unpaired) electrons. The van der Waals surface area contributed by atoms with Gasteiger partial charge in [0.25, 0.3) is 0 Å². The molecule has 0 saturated heterocycles. The highest BCUT2D eigenvalue weighted by molar-refractivity contribution is 5.99. The van der Waals surface area contributed by atoms with Gasteiger partial charge >= 0.3 is 5.63 Å². The second kappa shape index (κ2) is 5.61. The van der Waals surface area contributed by atoms with E-state index in [1.54, 1.807) is 0 Å². The minimum atomic E-state index is -0.320. The third-order valence-corrected chi connectivity index (χ3v) is 4.31.